The first-order chi connectivity index (χ1) is 9.44. The molecule has 108 valence electrons. The van der Waals surface area contributed by atoms with Gasteiger partial charge in [0.25, 0.3) is 10.0 Å². The van der Waals surface area contributed by atoms with Crippen molar-refractivity contribution in [1.82, 2.24) is 10.3 Å². The molecule has 0 aliphatic heterocycles. The van der Waals surface area contributed by atoms with Crippen molar-refractivity contribution in [2.45, 2.75) is 18.4 Å². The maximum Gasteiger partial charge on any atom is 0.263 e. The number of hydrogen-bond donors (Lipinski definition) is 2. The van der Waals surface area contributed by atoms with Gasteiger partial charge in [-0.2, -0.15) is 0 Å². The predicted octanol–water partition coefficient (Wildman–Crippen LogP) is 2.11. The maximum absolute atomic E-state index is 13.9. The minimum Gasteiger partial charge on any atom is -0.316 e. The van der Waals surface area contributed by atoms with Gasteiger partial charge in [-0.3, -0.25) is 4.72 Å². The molecule has 0 radical (unpaired) electrons. The van der Waals surface area contributed by atoms with Crippen LogP contribution in [0, 0.1) is 12.7 Å². The molecule has 0 spiro atoms. The van der Waals surface area contributed by atoms with Gasteiger partial charge in [0.2, 0.25) is 0 Å². The topological polar surface area (TPSA) is 71.1 Å². The zero-order valence-corrected chi connectivity index (χ0v) is 12.6. The van der Waals surface area contributed by atoms with E-state index in [4.69, 9.17) is 0 Å². The Labute approximate surface area is 120 Å². The Hall–Kier alpha value is -1.51. The van der Waals surface area contributed by atoms with Gasteiger partial charge in [0.15, 0.2) is 5.13 Å². The van der Waals surface area contributed by atoms with Gasteiger partial charge >= 0.3 is 0 Å². The zero-order chi connectivity index (χ0) is 14.8. The summed E-state index contributed by atoms with van der Waals surface area (Å²) in [4.78, 5) is 3.89. The Morgan fingerprint density at radius 3 is 2.75 bits per heavy atom. The number of aromatic nitrogens is 1. The van der Waals surface area contributed by atoms with Crippen LogP contribution in [0.1, 0.15) is 11.1 Å². The summed E-state index contributed by atoms with van der Waals surface area (Å²) in [5, 5.41) is 4.76. The van der Waals surface area contributed by atoms with Gasteiger partial charge in [0, 0.05) is 23.7 Å². The molecule has 0 atom stereocenters. The molecule has 0 saturated carbocycles. The zero-order valence-electron chi connectivity index (χ0n) is 11.0. The van der Waals surface area contributed by atoms with E-state index in [1.165, 1.54) is 36.6 Å². The van der Waals surface area contributed by atoms with Crippen LogP contribution in [0.25, 0.3) is 0 Å². The van der Waals surface area contributed by atoms with E-state index in [0.29, 0.717) is 5.56 Å². The molecule has 2 aromatic rings. The monoisotopic (exact) mass is 315 g/mol. The second kappa shape index (κ2) is 5.86. The van der Waals surface area contributed by atoms with Crippen molar-refractivity contribution < 1.29 is 12.8 Å². The number of benzene rings is 1. The highest BCUT2D eigenvalue weighted by Gasteiger charge is 2.19. The molecular weight excluding hydrogens is 301 g/mol. The van der Waals surface area contributed by atoms with Gasteiger partial charge in [0.05, 0.1) is 4.90 Å². The van der Waals surface area contributed by atoms with E-state index in [0.717, 1.165) is 0 Å². The molecule has 2 N–H and O–H groups in total. The third kappa shape index (κ3) is 3.14. The molecule has 0 saturated heterocycles. The van der Waals surface area contributed by atoms with Crippen LogP contribution in [-0.2, 0) is 16.6 Å². The highest BCUT2D eigenvalue weighted by molar-refractivity contribution is 7.93. The number of nitrogens with zero attached hydrogens (tertiary/aromatic N) is 1. The second-order valence-corrected chi connectivity index (χ2v) is 6.76. The van der Waals surface area contributed by atoms with E-state index in [1.807, 2.05) is 0 Å². The number of thiazole rings is 1. The first kappa shape index (κ1) is 14.9. The van der Waals surface area contributed by atoms with Crippen molar-refractivity contribution in [3.63, 3.8) is 0 Å². The molecule has 0 aliphatic rings. The number of rotatable bonds is 5. The fraction of sp³-hybridized carbons (Fsp3) is 0.250. The molecule has 1 aromatic heterocycles. The van der Waals surface area contributed by atoms with Gasteiger partial charge in [-0.1, -0.05) is 0 Å². The third-order valence-corrected chi connectivity index (χ3v) is 4.77. The molecule has 0 bridgehead atoms. The molecule has 8 heteroatoms. The molecule has 0 aliphatic carbocycles. The second-order valence-electron chi connectivity index (χ2n) is 4.19. The molecule has 0 amide bonds. The van der Waals surface area contributed by atoms with Crippen LogP contribution in [-0.4, -0.2) is 20.4 Å². The van der Waals surface area contributed by atoms with E-state index in [1.54, 1.807) is 12.4 Å². The third-order valence-electron chi connectivity index (χ3n) is 2.63. The minimum atomic E-state index is -3.76. The van der Waals surface area contributed by atoms with Crippen molar-refractivity contribution in [2.75, 3.05) is 11.8 Å². The van der Waals surface area contributed by atoms with E-state index < -0.39 is 15.8 Å². The number of anilines is 1. The van der Waals surface area contributed by atoms with Crippen LogP contribution < -0.4 is 10.0 Å². The van der Waals surface area contributed by atoms with Crippen molar-refractivity contribution in [1.29, 1.82) is 0 Å². The molecule has 5 nitrogen and oxygen atoms in total. The fourth-order valence-electron chi connectivity index (χ4n) is 1.73. The highest BCUT2D eigenvalue weighted by atomic mass is 32.2. The predicted molar refractivity (Wildman–Crippen MR) is 76.8 cm³/mol. The molecule has 1 heterocycles. The van der Waals surface area contributed by atoms with E-state index in [9.17, 15) is 12.8 Å². The Morgan fingerprint density at radius 2 is 2.15 bits per heavy atom. The van der Waals surface area contributed by atoms with Crippen molar-refractivity contribution in [2.24, 2.45) is 0 Å². The van der Waals surface area contributed by atoms with Crippen LogP contribution in [0.15, 0.2) is 28.6 Å². The fourth-order valence-corrected chi connectivity index (χ4v) is 3.65. The van der Waals surface area contributed by atoms with Gasteiger partial charge in [0.1, 0.15) is 5.82 Å². The van der Waals surface area contributed by atoms with Crippen LogP contribution in [0.3, 0.4) is 0 Å². The van der Waals surface area contributed by atoms with E-state index >= 15 is 0 Å². The summed E-state index contributed by atoms with van der Waals surface area (Å²) >= 11 is 1.18. The number of aryl methyl sites for hydroxylation is 1. The van der Waals surface area contributed by atoms with E-state index in [2.05, 4.69) is 15.0 Å². The van der Waals surface area contributed by atoms with Crippen molar-refractivity contribution in [3.8, 4) is 0 Å². The Bertz CT molecular complexity index is 700. The summed E-state index contributed by atoms with van der Waals surface area (Å²) in [7, 11) is -2.09. The number of sulfonamides is 1. The quantitative estimate of drug-likeness (QED) is 0.886. The summed E-state index contributed by atoms with van der Waals surface area (Å²) < 4.78 is 40.7. The average Bonchev–Trinajstić information content (AvgIpc) is 2.87. The average molecular weight is 315 g/mol. The SMILES string of the molecule is CNCc1cc(S(=O)(=O)Nc2nccs2)cc(C)c1F. The molecule has 0 fully saturated rings. The maximum atomic E-state index is 13.9. The lowest BCUT2D eigenvalue weighted by atomic mass is 10.1. The summed E-state index contributed by atoms with van der Waals surface area (Å²) in [6, 6.07) is 2.64. The molecule has 1 aromatic carbocycles. The first-order valence-electron chi connectivity index (χ1n) is 5.80. The number of hydrogen-bond acceptors (Lipinski definition) is 5. The molecule has 20 heavy (non-hydrogen) atoms. The largest absolute Gasteiger partial charge is 0.316 e. The molecule has 2 rings (SSSR count). The first-order valence-corrected chi connectivity index (χ1v) is 8.16. The van der Waals surface area contributed by atoms with Crippen LogP contribution in [0.2, 0.25) is 0 Å². The van der Waals surface area contributed by atoms with Crippen LogP contribution in [0.5, 0.6) is 0 Å². The smallest absolute Gasteiger partial charge is 0.263 e. The normalized spacial score (nSPS) is 11.6. The summed E-state index contributed by atoms with van der Waals surface area (Å²) in [6.45, 7) is 1.80. The van der Waals surface area contributed by atoms with Gasteiger partial charge in [-0.05, 0) is 31.7 Å². The number of nitrogens with one attached hydrogen (secondary N) is 2. The summed E-state index contributed by atoms with van der Waals surface area (Å²) in [5.74, 6) is -0.396. The van der Waals surface area contributed by atoms with E-state index in [-0.39, 0.29) is 22.1 Å². The van der Waals surface area contributed by atoms with Crippen LogP contribution >= 0.6 is 11.3 Å². The van der Waals surface area contributed by atoms with Crippen molar-refractivity contribution >= 4 is 26.5 Å². The Balaban J connectivity index is 2.41. The summed E-state index contributed by atoms with van der Waals surface area (Å²) in [6.07, 6.45) is 1.50. The van der Waals surface area contributed by atoms with Crippen molar-refractivity contribution in [3.05, 3.63) is 40.7 Å². The molecular formula is C12H14FN3O2S2. The van der Waals surface area contributed by atoms with Crippen LogP contribution in [0.4, 0.5) is 9.52 Å². The number of halogens is 1. The van der Waals surface area contributed by atoms with Gasteiger partial charge < -0.3 is 5.32 Å². The lowest BCUT2D eigenvalue weighted by molar-refractivity contribution is 0.585. The lowest BCUT2D eigenvalue weighted by Gasteiger charge is -2.10. The van der Waals surface area contributed by atoms with Gasteiger partial charge in [-0.25, -0.2) is 17.8 Å². The lowest BCUT2D eigenvalue weighted by Crippen LogP contribution is -2.15. The molecule has 0 unspecified atom stereocenters. The van der Waals surface area contributed by atoms with Gasteiger partial charge in [-0.15, -0.1) is 11.3 Å². The highest BCUT2D eigenvalue weighted by Crippen LogP contribution is 2.22. The standard InChI is InChI=1S/C12H14FN3O2S2/c1-8-5-10(6-9(7-14-2)11(8)13)20(17,18)16-12-15-3-4-19-12/h3-6,14H,7H2,1-2H3,(H,15,16). The minimum absolute atomic E-state index is 0.0249. The summed E-state index contributed by atoms with van der Waals surface area (Å²) in [5.41, 5.74) is 0.601. The Kier molecular flexibility index (Phi) is 4.36. The Morgan fingerprint density at radius 1 is 1.40 bits per heavy atom.